The lowest BCUT2D eigenvalue weighted by Crippen LogP contribution is -2.40. The lowest BCUT2D eigenvalue weighted by molar-refractivity contribution is -0.138. The number of hydrogen-bond donors (Lipinski definition) is 3. The molecule has 1 amide bonds. The normalized spacial score (nSPS) is 19.8. The lowest BCUT2D eigenvalue weighted by atomic mass is 10.0. The summed E-state index contributed by atoms with van der Waals surface area (Å²) in [5.41, 5.74) is 9.88. The topological polar surface area (TPSA) is 99.9 Å². The van der Waals surface area contributed by atoms with Gasteiger partial charge in [-0.15, -0.1) is 0 Å². The molecule has 1 saturated heterocycles. The number of pyridine rings is 1. The molecule has 33 heavy (non-hydrogen) atoms. The number of fused-ring (bicyclic) bond motifs is 1. The van der Waals surface area contributed by atoms with Crippen molar-refractivity contribution in [1.29, 1.82) is 0 Å². The molecule has 4 rings (SSSR count). The number of imidazole rings is 1. The number of amides is 1. The third kappa shape index (κ3) is 4.95. The van der Waals surface area contributed by atoms with Crippen LogP contribution in [0, 0.1) is 6.92 Å². The highest BCUT2D eigenvalue weighted by molar-refractivity contribution is 6.03. The molecule has 176 valence electrons. The van der Waals surface area contributed by atoms with Crippen molar-refractivity contribution in [3.8, 4) is 11.4 Å². The summed E-state index contributed by atoms with van der Waals surface area (Å²) in [6, 6.07) is 4.71. The SMILES string of the molecule is Cc1cccc2[nH]c(-c3cncc(C(=O)NC(C)CC(F)(F)F)c3N3CC[C@](C)(N)C3)nc12. The number of nitrogens with zero attached hydrogens (tertiary/aromatic N) is 3. The molecule has 0 aliphatic carbocycles. The average molecular weight is 461 g/mol. The van der Waals surface area contributed by atoms with Gasteiger partial charge in [0.1, 0.15) is 5.82 Å². The number of aromatic amines is 1. The van der Waals surface area contributed by atoms with E-state index in [1.54, 1.807) is 6.20 Å². The van der Waals surface area contributed by atoms with E-state index in [-0.39, 0.29) is 5.56 Å². The highest BCUT2D eigenvalue weighted by Crippen LogP contribution is 2.37. The van der Waals surface area contributed by atoms with Crippen LogP contribution >= 0.6 is 0 Å². The first kappa shape index (κ1) is 23.0. The van der Waals surface area contributed by atoms with E-state index < -0.39 is 30.1 Å². The number of para-hydroxylation sites is 1. The van der Waals surface area contributed by atoms with E-state index >= 15 is 0 Å². The van der Waals surface area contributed by atoms with Crippen LogP contribution in [0.4, 0.5) is 18.9 Å². The summed E-state index contributed by atoms with van der Waals surface area (Å²) in [4.78, 5) is 27.3. The molecule has 3 heterocycles. The fourth-order valence-electron chi connectivity index (χ4n) is 4.31. The zero-order valence-electron chi connectivity index (χ0n) is 18.8. The number of nitrogens with two attached hydrogens (primary N) is 1. The van der Waals surface area contributed by atoms with Crippen LogP contribution in [0.15, 0.2) is 30.6 Å². The molecule has 1 aliphatic rings. The summed E-state index contributed by atoms with van der Waals surface area (Å²) in [6.07, 6.45) is -1.79. The van der Waals surface area contributed by atoms with Gasteiger partial charge in [0.15, 0.2) is 0 Å². The molecule has 4 N–H and O–H groups in total. The number of rotatable bonds is 5. The Kier molecular flexibility index (Phi) is 5.81. The third-order valence-electron chi connectivity index (χ3n) is 5.87. The maximum atomic E-state index is 13.1. The first-order chi connectivity index (χ1) is 15.4. The molecule has 1 unspecified atom stereocenters. The van der Waals surface area contributed by atoms with Crippen molar-refractivity contribution >= 4 is 22.6 Å². The minimum absolute atomic E-state index is 0.191. The second kappa shape index (κ2) is 8.33. The molecule has 2 atom stereocenters. The monoisotopic (exact) mass is 460 g/mol. The number of nitrogens with one attached hydrogen (secondary N) is 2. The van der Waals surface area contributed by atoms with Gasteiger partial charge in [0.25, 0.3) is 5.91 Å². The number of halogens is 3. The molecule has 10 heteroatoms. The number of benzene rings is 1. The van der Waals surface area contributed by atoms with Gasteiger partial charge in [0, 0.05) is 37.1 Å². The molecule has 2 aromatic heterocycles. The summed E-state index contributed by atoms with van der Waals surface area (Å²) in [7, 11) is 0. The van der Waals surface area contributed by atoms with E-state index in [0.717, 1.165) is 16.6 Å². The van der Waals surface area contributed by atoms with E-state index in [1.165, 1.54) is 13.1 Å². The highest BCUT2D eigenvalue weighted by Gasteiger charge is 2.35. The van der Waals surface area contributed by atoms with Crippen LogP contribution in [0.2, 0.25) is 0 Å². The summed E-state index contributed by atoms with van der Waals surface area (Å²) < 4.78 is 38.4. The fraction of sp³-hybridized carbons (Fsp3) is 0.435. The van der Waals surface area contributed by atoms with Crippen LogP contribution < -0.4 is 16.0 Å². The van der Waals surface area contributed by atoms with Gasteiger partial charge in [0.05, 0.1) is 34.3 Å². The average Bonchev–Trinajstić information content (AvgIpc) is 3.29. The highest BCUT2D eigenvalue weighted by atomic mass is 19.4. The van der Waals surface area contributed by atoms with Crippen molar-refractivity contribution in [1.82, 2.24) is 20.3 Å². The molecule has 1 aromatic carbocycles. The number of carbonyl (C=O) groups excluding carboxylic acids is 1. The van der Waals surface area contributed by atoms with E-state index in [0.29, 0.717) is 36.6 Å². The standard InChI is InChI=1S/C23H27F3N6O/c1-13-5-4-6-17-18(13)31-20(30-17)15-10-28-11-16(19(15)32-8-7-22(3,27)12-32)21(33)29-14(2)9-23(24,25)26/h4-6,10-11,14H,7-9,12,27H2,1-3H3,(H,29,33)(H,30,31)/t14?,22-/m0/s1. The Labute approximate surface area is 189 Å². The molecule has 1 fully saturated rings. The van der Waals surface area contributed by atoms with Crippen LogP contribution in [0.25, 0.3) is 22.4 Å². The van der Waals surface area contributed by atoms with Gasteiger partial charge in [-0.05, 0) is 38.8 Å². The number of aryl methyl sites for hydroxylation is 1. The Hall–Kier alpha value is -3.14. The summed E-state index contributed by atoms with van der Waals surface area (Å²) in [5.74, 6) is -0.0839. The number of aromatic nitrogens is 3. The number of alkyl halides is 3. The Morgan fingerprint density at radius 1 is 1.36 bits per heavy atom. The molecule has 0 spiro atoms. The maximum Gasteiger partial charge on any atom is 0.391 e. The van der Waals surface area contributed by atoms with Gasteiger partial charge in [-0.2, -0.15) is 13.2 Å². The Morgan fingerprint density at radius 2 is 2.12 bits per heavy atom. The van der Waals surface area contributed by atoms with Gasteiger partial charge >= 0.3 is 6.18 Å². The molecular formula is C23H27F3N6O. The molecule has 1 aliphatic heterocycles. The molecule has 3 aromatic rings. The van der Waals surface area contributed by atoms with Crippen LogP contribution in [0.1, 0.15) is 42.6 Å². The first-order valence-corrected chi connectivity index (χ1v) is 10.8. The zero-order chi connectivity index (χ0) is 24.0. The molecule has 0 bridgehead atoms. The number of carbonyl (C=O) groups is 1. The minimum Gasteiger partial charge on any atom is -0.368 e. The largest absolute Gasteiger partial charge is 0.391 e. The number of H-pyrrole nitrogens is 1. The van der Waals surface area contributed by atoms with Crippen molar-refractivity contribution in [2.24, 2.45) is 5.73 Å². The second-order valence-electron chi connectivity index (χ2n) is 9.16. The Morgan fingerprint density at radius 3 is 2.76 bits per heavy atom. The minimum atomic E-state index is -4.38. The Balaban J connectivity index is 1.78. The van der Waals surface area contributed by atoms with Gasteiger partial charge in [-0.3, -0.25) is 9.78 Å². The molecule has 0 radical (unpaired) electrons. The summed E-state index contributed by atoms with van der Waals surface area (Å²) in [5, 5.41) is 2.46. The summed E-state index contributed by atoms with van der Waals surface area (Å²) in [6.45, 7) is 6.31. The van der Waals surface area contributed by atoms with Crippen molar-refractivity contribution in [2.45, 2.75) is 51.4 Å². The van der Waals surface area contributed by atoms with E-state index in [9.17, 15) is 18.0 Å². The fourth-order valence-corrected chi connectivity index (χ4v) is 4.31. The number of hydrogen-bond acceptors (Lipinski definition) is 5. The van der Waals surface area contributed by atoms with Crippen LogP contribution in [0.3, 0.4) is 0 Å². The predicted molar refractivity (Wildman–Crippen MR) is 121 cm³/mol. The van der Waals surface area contributed by atoms with Crippen LogP contribution in [-0.4, -0.2) is 51.7 Å². The lowest BCUT2D eigenvalue weighted by Gasteiger charge is -2.26. The van der Waals surface area contributed by atoms with Gasteiger partial charge in [0.2, 0.25) is 0 Å². The maximum absolute atomic E-state index is 13.1. The van der Waals surface area contributed by atoms with Crippen molar-refractivity contribution < 1.29 is 18.0 Å². The van der Waals surface area contributed by atoms with Crippen molar-refractivity contribution in [2.75, 3.05) is 18.0 Å². The summed E-state index contributed by atoms with van der Waals surface area (Å²) >= 11 is 0. The number of anilines is 1. The Bertz CT molecular complexity index is 1190. The predicted octanol–water partition coefficient (Wildman–Crippen LogP) is 3.93. The van der Waals surface area contributed by atoms with E-state index in [2.05, 4.69) is 15.3 Å². The smallest absolute Gasteiger partial charge is 0.368 e. The zero-order valence-corrected chi connectivity index (χ0v) is 18.8. The van der Waals surface area contributed by atoms with Gasteiger partial charge in [-0.1, -0.05) is 12.1 Å². The molecule has 7 nitrogen and oxygen atoms in total. The van der Waals surface area contributed by atoms with Crippen LogP contribution in [0.5, 0.6) is 0 Å². The van der Waals surface area contributed by atoms with Gasteiger partial charge < -0.3 is 20.9 Å². The third-order valence-corrected chi connectivity index (χ3v) is 5.87. The van der Waals surface area contributed by atoms with E-state index in [4.69, 9.17) is 10.7 Å². The quantitative estimate of drug-likeness (QED) is 0.536. The molecule has 0 saturated carbocycles. The van der Waals surface area contributed by atoms with Crippen molar-refractivity contribution in [3.05, 3.63) is 41.7 Å². The first-order valence-electron chi connectivity index (χ1n) is 10.8. The second-order valence-corrected chi connectivity index (χ2v) is 9.16. The van der Waals surface area contributed by atoms with Crippen molar-refractivity contribution in [3.63, 3.8) is 0 Å². The van der Waals surface area contributed by atoms with Gasteiger partial charge in [-0.25, -0.2) is 4.98 Å². The molecular weight excluding hydrogens is 433 g/mol. The van der Waals surface area contributed by atoms with E-state index in [1.807, 2.05) is 36.9 Å². The van der Waals surface area contributed by atoms with Crippen LogP contribution in [-0.2, 0) is 0 Å².